The van der Waals surface area contributed by atoms with E-state index in [0.717, 1.165) is 12.1 Å². The molecular weight excluding hydrogens is 328 g/mol. The lowest BCUT2D eigenvalue weighted by molar-refractivity contribution is 0.630. The van der Waals surface area contributed by atoms with Crippen molar-refractivity contribution in [3.8, 4) is 11.3 Å². The third-order valence-electron chi connectivity index (χ3n) is 5.95. The molecule has 0 unspecified atom stereocenters. The zero-order valence-electron chi connectivity index (χ0n) is 16.4. The van der Waals surface area contributed by atoms with Gasteiger partial charge in [-0.25, -0.2) is 0 Å². The maximum absolute atomic E-state index is 4.83. The quantitative estimate of drug-likeness (QED) is 0.424. The van der Waals surface area contributed by atoms with Gasteiger partial charge >= 0.3 is 0 Å². The second kappa shape index (κ2) is 5.63. The number of aromatic nitrogens is 2. The number of hydrogen-bond acceptors (Lipinski definition) is 2. The summed E-state index contributed by atoms with van der Waals surface area (Å²) >= 11 is 0. The SMILES string of the molecule is CC(C)Cc1cc2c3c(nccc3c1)-c1cc3ccncc3cc1C2(C)C. The normalized spacial score (nSPS) is 14.7. The van der Waals surface area contributed by atoms with Crippen molar-refractivity contribution in [2.75, 3.05) is 0 Å². The van der Waals surface area contributed by atoms with Crippen LogP contribution in [-0.4, -0.2) is 9.97 Å². The Labute approximate surface area is 160 Å². The fourth-order valence-corrected chi connectivity index (χ4v) is 4.66. The second-order valence-electron chi connectivity index (χ2n) is 8.74. The number of benzene rings is 2. The Balaban J connectivity index is 1.90. The number of nitrogens with zero attached hydrogens (tertiary/aromatic N) is 2. The van der Waals surface area contributed by atoms with E-state index >= 15 is 0 Å². The van der Waals surface area contributed by atoms with Crippen LogP contribution in [0.15, 0.2) is 55.0 Å². The lowest BCUT2D eigenvalue weighted by Gasteiger charge is -2.35. The zero-order chi connectivity index (χ0) is 18.8. The van der Waals surface area contributed by atoms with Crippen molar-refractivity contribution >= 4 is 21.5 Å². The largest absolute Gasteiger partial charge is 0.264 e. The van der Waals surface area contributed by atoms with Gasteiger partial charge in [0.2, 0.25) is 0 Å². The van der Waals surface area contributed by atoms with Crippen LogP contribution in [0.3, 0.4) is 0 Å². The molecule has 0 saturated carbocycles. The van der Waals surface area contributed by atoms with Crippen LogP contribution in [0.2, 0.25) is 0 Å². The van der Waals surface area contributed by atoms with Crippen LogP contribution in [0.25, 0.3) is 32.8 Å². The number of fused-ring (bicyclic) bond motifs is 3. The Morgan fingerprint density at radius 3 is 2.52 bits per heavy atom. The molecule has 2 nitrogen and oxygen atoms in total. The van der Waals surface area contributed by atoms with E-state index in [9.17, 15) is 0 Å². The lowest BCUT2D eigenvalue weighted by Crippen LogP contribution is -2.24. The van der Waals surface area contributed by atoms with Crippen molar-refractivity contribution in [1.29, 1.82) is 0 Å². The highest BCUT2D eigenvalue weighted by atomic mass is 14.7. The summed E-state index contributed by atoms with van der Waals surface area (Å²) in [5.74, 6) is 0.643. The van der Waals surface area contributed by atoms with Crippen LogP contribution in [0, 0.1) is 5.92 Å². The fourth-order valence-electron chi connectivity index (χ4n) is 4.66. The standard InChI is InChI=1S/C25H24N2/c1-15(2)9-16-10-18-6-8-27-24-20-12-17-5-7-26-14-19(17)13-21(20)25(3,4)22(11-16)23(18)24/h5-8,10-15H,9H2,1-4H3. The molecule has 0 bridgehead atoms. The van der Waals surface area contributed by atoms with Gasteiger partial charge in [0.15, 0.2) is 0 Å². The van der Waals surface area contributed by atoms with Crippen LogP contribution in [0.1, 0.15) is 44.4 Å². The average Bonchev–Trinajstić information content (AvgIpc) is 2.64. The summed E-state index contributed by atoms with van der Waals surface area (Å²) in [5, 5.41) is 5.04. The second-order valence-corrected chi connectivity index (χ2v) is 8.74. The van der Waals surface area contributed by atoms with Gasteiger partial charge in [0.05, 0.1) is 5.69 Å². The Kier molecular flexibility index (Phi) is 3.42. The first kappa shape index (κ1) is 16.4. The van der Waals surface area contributed by atoms with Gasteiger partial charge in [-0.15, -0.1) is 0 Å². The zero-order valence-corrected chi connectivity index (χ0v) is 16.4. The molecule has 134 valence electrons. The van der Waals surface area contributed by atoms with Crippen LogP contribution < -0.4 is 0 Å². The van der Waals surface area contributed by atoms with E-state index in [2.05, 4.69) is 69.1 Å². The van der Waals surface area contributed by atoms with E-state index in [1.807, 2.05) is 18.6 Å². The van der Waals surface area contributed by atoms with Gasteiger partial charge in [0.25, 0.3) is 0 Å². The van der Waals surface area contributed by atoms with E-state index in [1.54, 1.807) is 0 Å². The first-order valence-electron chi connectivity index (χ1n) is 9.76. The third kappa shape index (κ3) is 2.39. The van der Waals surface area contributed by atoms with Crippen molar-refractivity contribution in [2.24, 2.45) is 5.92 Å². The average molecular weight is 352 g/mol. The predicted octanol–water partition coefficient (Wildman–Crippen LogP) is 6.29. The van der Waals surface area contributed by atoms with Gasteiger partial charge in [-0.3, -0.25) is 9.97 Å². The van der Waals surface area contributed by atoms with Crippen LogP contribution in [-0.2, 0) is 11.8 Å². The van der Waals surface area contributed by atoms with Crippen LogP contribution >= 0.6 is 0 Å². The highest BCUT2D eigenvalue weighted by Crippen LogP contribution is 2.49. The summed E-state index contributed by atoms with van der Waals surface area (Å²) in [7, 11) is 0. The molecular formula is C25H24N2. The Morgan fingerprint density at radius 2 is 1.70 bits per heavy atom. The minimum absolute atomic E-state index is 0.0688. The lowest BCUT2D eigenvalue weighted by atomic mass is 9.68. The Bertz CT molecular complexity index is 1200. The van der Waals surface area contributed by atoms with E-state index in [1.165, 1.54) is 43.8 Å². The smallest absolute Gasteiger partial charge is 0.0786 e. The van der Waals surface area contributed by atoms with Gasteiger partial charge in [0, 0.05) is 40.3 Å². The summed E-state index contributed by atoms with van der Waals surface area (Å²) in [4.78, 5) is 9.15. The highest BCUT2D eigenvalue weighted by molar-refractivity contribution is 6.04. The van der Waals surface area contributed by atoms with Crippen LogP contribution in [0.4, 0.5) is 0 Å². The summed E-state index contributed by atoms with van der Waals surface area (Å²) in [6.07, 6.45) is 6.89. The summed E-state index contributed by atoms with van der Waals surface area (Å²) < 4.78 is 0. The molecule has 0 N–H and O–H groups in total. The molecule has 0 fully saturated rings. The molecule has 2 heterocycles. The van der Waals surface area contributed by atoms with E-state index in [4.69, 9.17) is 4.98 Å². The predicted molar refractivity (Wildman–Crippen MR) is 113 cm³/mol. The molecule has 1 aliphatic rings. The van der Waals surface area contributed by atoms with Crippen molar-refractivity contribution in [3.05, 3.63) is 71.7 Å². The molecule has 5 rings (SSSR count). The first-order valence-corrected chi connectivity index (χ1v) is 9.76. The van der Waals surface area contributed by atoms with Gasteiger partial charge in [0.1, 0.15) is 0 Å². The van der Waals surface area contributed by atoms with Gasteiger partial charge in [-0.05, 0) is 64.1 Å². The fraction of sp³-hybridized carbons (Fsp3) is 0.280. The van der Waals surface area contributed by atoms with Crippen LogP contribution in [0.5, 0.6) is 0 Å². The maximum atomic E-state index is 4.83. The molecule has 0 spiro atoms. The van der Waals surface area contributed by atoms with Crippen molar-refractivity contribution in [1.82, 2.24) is 9.97 Å². The molecule has 1 aliphatic carbocycles. The summed E-state index contributed by atoms with van der Waals surface area (Å²) in [5.41, 5.74) is 6.47. The maximum Gasteiger partial charge on any atom is 0.0786 e. The van der Waals surface area contributed by atoms with Gasteiger partial charge in [-0.1, -0.05) is 39.8 Å². The van der Waals surface area contributed by atoms with Gasteiger partial charge < -0.3 is 0 Å². The van der Waals surface area contributed by atoms with E-state index in [-0.39, 0.29) is 5.41 Å². The molecule has 4 aromatic rings. The number of pyridine rings is 2. The molecule has 2 aromatic carbocycles. The van der Waals surface area contributed by atoms with Crippen molar-refractivity contribution in [2.45, 2.75) is 39.5 Å². The molecule has 27 heavy (non-hydrogen) atoms. The molecule has 0 saturated heterocycles. The minimum Gasteiger partial charge on any atom is -0.264 e. The first-order chi connectivity index (χ1) is 12.9. The molecule has 0 amide bonds. The highest BCUT2D eigenvalue weighted by Gasteiger charge is 2.34. The van der Waals surface area contributed by atoms with Crippen molar-refractivity contribution < 1.29 is 0 Å². The molecule has 2 heteroatoms. The topological polar surface area (TPSA) is 25.8 Å². The third-order valence-corrected chi connectivity index (χ3v) is 5.95. The molecule has 2 aromatic heterocycles. The Hall–Kier alpha value is -2.74. The molecule has 0 radical (unpaired) electrons. The number of rotatable bonds is 2. The minimum atomic E-state index is -0.0688. The molecule has 0 atom stereocenters. The van der Waals surface area contributed by atoms with E-state index in [0.29, 0.717) is 5.92 Å². The Morgan fingerprint density at radius 1 is 0.889 bits per heavy atom. The monoisotopic (exact) mass is 352 g/mol. The number of hydrogen-bond donors (Lipinski definition) is 0. The molecule has 0 aliphatic heterocycles. The van der Waals surface area contributed by atoms with E-state index < -0.39 is 0 Å². The summed E-state index contributed by atoms with van der Waals surface area (Å²) in [6, 6.07) is 13.6. The van der Waals surface area contributed by atoms with Gasteiger partial charge in [-0.2, -0.15) is 0 Å². The van der Waals surface area contributed by atoms with Crippen molar-refractivity contribution in [3.63, 3.8) is 0 Å². The summed E-state index contributed by atoms with van der Waals surface area (Å²) in [6.45, 7) is 9.26.